The number of sulfonamides is 1. The van der Waals surface area contributed by atoms with Gasteiger partial charge in [-0.2, -0.15) is 0 Å². The van der Waals surface area contributed by atoms with Gasteiger partial charge in [0.2, 0.25) is 5.91 Å². The van der Waals surface area contributed by atoms with Crippen molar-refractivity contribution in [2.45, 2.75) is 31.2 Å². The minimum atomic E-state index is -4.11. The molecule has 0 spiro atoms. The normalized spacial score (nSPS) is 16.1. The van der Waals surface area contributed by atoms with E-state index in [4.69, 9.17) is 10.9 Å². The number of aromatic nitrogens is 1. The minimum absolute atomic E-state index is 0.00630. The number of carbonyl (C=O) groups is 1. The molecule has 36 heavy (non-hydrogen) atoms. The Bertz CT molecular complexity index is 1640. The molecule has 0 saturated heterocycles. The summed E-state index contributed by atoms with van der Waals surface area (Å²) < 4.78 is 29.9. The Morgan fingerprint density at radius 3 is 2.56 bits per heavy atom. The van der Waals surface area contributed by atoms with Crippen molar-refractivity contribution in [3.8, 4) is 0 Å². The quantitative estimate of drug-likeness (QED) is 0.297. The lowest BCUT2D eigenvalue weighted by Crippen LogP contribution is -2.36. The lowest BCUT2D eigenvalue weighted by Gasteiger charge is -2.27. The van der Waals surface area contributed by atoms with Crippen LogP contribution in [0.1, 0.15) is 19.0 Å². The average molecular weight is 508 g/mol. The summed E-state index contributed by atoms with van der Waals surface area (Å²) in [6.45, 7) is 7.33. The summed E-state index contributed by atoms with van der Waals surface area (Å²) in [5.41, 5.74) is 8.10. The first kappa shape index (κ1) is 24.9. The molecular formula is C25H25N5O5S. The van der Waals surface area contributed by atoms with E-state index >= 15 is 0 Å². The van der Waals surface area contributed by atoms with Crippen LogP contribution in [0.25, 0.3) is 16.5 Å². The second kappa shape index (κ2) is 9.44. The van der Waals surface area contributed by atoms with Gasteiger partial charge in [0, 0.05) is 5.69 Å². The highest BCUT2D eigenvalue weighted by atomic mass is 32.2. The summed E-state index contributed by atoms with van der Waals surface area (Å²) in [6.07, 6.45) is -0.315. The lowest BCUT2D eigenvalue weighted by molar-refractivity contribution is -0.128. The summed E-state index contributed by atoms with van der Waals surface area (Å²) in [5.74, 6) is -0.750. The number of aliphatic imine (C=N–C) groups is 1. The summed E-state index contributed by atoms with van der Waals surface area (Å²) in [6, 6.07) is 14.4. The van der Waals surface area contributed by atoms with Crippen molar-refractivity contribution < 1.29 is 18.4 Å². The summed E-state index contributed by atoms with van der Waals surface area (Å²) in [5, 5.41) is 10.6. The van der Waals surface area contributed by atoms with Crippen LogP contribution in [0.5, 0.6) is 0 Å². The van der Waals surface area contributed by atoms with Crippen LogP contribution in [0.2, 0.25) is 0 Å². The molecule has 0 saturated carbocycles. The maximum atomic E-state index is 13.6. The number of hydroxylamine groups is 1. The van der Waals surface area contributed by atoms with Crippen LogP contribution in [0.4, 0.5) is 5.69 Å². The molecule has 1 aliphatic heterocycles. The van der Waals surface area contributed by atoms with Gasteiger partial charge in [0.1, 0.15) is 11.5 Å². The summed E-state index contributed by atoms with van der Waals surface area (Å²) in [7, 11) is -4.11. The maximum absolute atomic E-state index is 13.6. The summed E-state index contributed by atoms with van der Waals surface area (Å²) in [4.78, 5) is 29.9. The maximum Gasteiger partial charge on any atom is 0.279 e. The molecule has 1 aliphatic rings. The van der Waals surface area contributed by atoms with E-state index in [1.165, 1.54) is 22.8 Å². The molecule has 186 valence electrons. The van der Waals surface area contributed by atoms with E-state index < -0.39 is 27.5 Å². The number of anilines is 1. The molecule has 2 aromatic carbocycles. The van der Waals surface area contributed by atoms with Gasteiger partial charge in [-0.05, 0) is 60.0 Å². The number of fused-ring (bicyclic) bond motifs is 1. The number of hydrogen-bond acceptors (Lipinski definition) is 7. The molecule has 0 bridgehead atoms. The first-order chi connectivity index (χ1) is 17.0. The first-order valence-electron chi connectivity index (χ1n) is 11.0. The van der Waals surface area contributed by atoms with E-state index in [1.807, 2.05) is 12.1 Å². The predicted octanol–water partition coefficient (Wildman–Crippen LogP) is 2.53. The lowest BCUT2D eigenvalue weighted by atomic mass is 9.93. The van der Waals surface area contributed by atoms with Crippen molar-refractivity contribution in [3.63, 3.8) is 0 Å². The van der Waals surface area contributed by atoms with Gasteiger partial charge in [-0.3, -0.25) is 29.1 Å². The van der Waals surface area contributed by atoms with Gasteiger partial charge in [-0.25, -0.2) is 13.9 Å². The van der Waals surface area contributed by atoms with Gasteiger partial charge >= 0.3 is 0 Å². The molecule has 4 rings (SSSR count). The van der Waals surface area contributed by atoms with Crippen LogP contribution in [0.15, 0.2) is 87.0 Å². The van der Waals surface area contributed by atoms with E-state index in [1.54, 1.807) is 43.6 Å². The van der Waals surface area contributed by atoms with Gasteiger partial charge in [-0.15, -0.1) is 0 Å². The number of dihydropyridines is 1. The fourth-order valence-electron chi connectivity index (χ4n) is 4.08. The smallest absolute Gasteiger partial charge is 0.279 e. The molecule has 0 aliphatic carbocycles. The van der Waals surface area contributed by atoms with Gasteiger partial charge in [0.25, 0.3) is 15.6 Å². The fourth-order valence-corrected chi connectivity index (χ4v) is 5.17. The molecule has 1 amide bonds. The van der Waals surface area contributed by atoms with E-state index in [-0.39, 0.29) is 28.5 Å². The van der Waals surface area contributed by atoms with Crippen molar-refractivity contribution in [1.82, 2.24) is 10.0 Å². The number of carbonyl (C=O) groups excluding carboxylic acids is 1. The zero-order chi connectivity index (χ0) is 26.2. The Morgan fingerprint density at radius 1 is 1.17 bits per heavy atom. The van der Waals surface area contributed by atoms with Gasteiger partial charge < -0.3 is 5.73 Å². The van der Waals surface area contributed by atoms with Crippen LogP contribution in [0.3, 0.4) is 0 Å². The highest BCUT2D eigenvalue weighted by Gasteiger charge is 2.28. The molecule has 5 N–H and O–H groups in total. The number of nitrogens with two attached hydrogens (primary N) is 1. The van der Waals surface area contributed by atoms with Crippen molar-refractivity contribution in [1.29, 1.82) is 0 Å². The van der Waals surface area contributed by atoms with E-state index in [0.29, 0.717) is 16.8 Å². The minimum Gasteiger partial charge on any atom is -0.382 e. The molecule has 1 unspecified atom stereocenters. The molecule has 1 aromatic heterocycles. The molecule has 1 atom stereocenters. The van der Waals surface area contributed by atoms with Crippen LogP contribution < -0.4 is 21.5 Å². The predicted molar refractivity (Wildman–Crippen MR) is 138 cm³/mol. The monoisotopic (exact) mass is 507 g/mol. The van der Waals surface area contributed by atoms with Crippen molar-refractivity contribution in [3.05, 3.63) is 88.4 Å². The standard InChI is InChI=1S/C25H25N5O5S/c1-14-8-11-21(29-36(34,35)19-10-9-17-6-4-5-7-18(17)12-19)25(32)30(14)23-20(13-22(31)28-33)15(2)16(3)27-24(23)26/h4-12,16,29,33H,2,13H2,1,3H3,(H2,26,27)(H,28,31). The van der Waals surface area contributed by atoms with Crippen LogP contribution >= 0.6 is 0 Å². The van der Waals surface area contributed by atoms with Gasteiger partial charge in [-0.1, -0.05) is 36.9 Å². The topological polar surface area (TPSA) is 156 Å². The SMILES string of the molecule is C=C1C(CC(=O)NO)=C(n2c(C)ccc(NS(=O)(=O)c3ccc4ccccc4c3)c2=O)C(N)=NC1C. The third-order valence-corrected chi connectivity index (χ3v) is 7.35. The Labute approximate surface area is 207 Å². The van der Waals surface area contributed by atoms with Crippen molar-refractivity contribution in [2.24, 2.45) is 10.7 Å². The molecule has 2 heterocycles. The van der Waals surface area contributed by atoms with Gasteiger partial charge in [0.05, 0.1) is 23.1 Å². The average Bonchev–Trinajstić information content (AvgIpc) is 2.85. The number of benzene rings is 2. The Morgan fingerprint density at radius 2 is 1.86 bits per heavy atom. The number of pyridine rings is 1. The third-order valence-electron chi connectivity index (χ3n) is 5.99. The zero-order valence-corrected chi connectivity index (χ0v) is 20.5. The zero-order valence-electron chi connectivity index (χ0n) is 19.6. The number of rotatable bonds is 6. The van der Waals surface area contributed by atoms with Crippen molar-refractivity contribution in [2.75, 3.05) is 4.72 Å². The molecule has 0 radical (unpaired) electrons. The number of nitrogens with one attached hydrogen (secondary N) is 2. The number of hydrogen-bond donors (Lipinski definition) is 4. The Hall–Kier alpha value is -4.22. The number of amides is 1. The number of amidine groups is 1. The van der Waals surface area contributed by atoms with Crippen LogP contribution in [0, 0.1) is 6.92 Å². The molecule has 3 aromatic rings. The molecule has 0 fully saturated rings. The van der Waals surface area contributed by atoms with Crippen LogP contribution in [-0.2, 0) is 14.8 Å². The second-order valence-electron chi connectivity index (χ2n) is 8.40. The third kappa shape index (κ3) is 4.53. The second-order valence-corrected chi connectivity index (χ2v) is 10.1. The highest BCUT2D eigenvalue weighted by Crippen LogP contribution is 2.30. The number of aryl methyl sites for hydroxylation is 1. The number of nitrogens with zero attached hydrogens (tertiary/aromatic N) is 2. The van der Waals surface area contributed by atoms with Crippen molar-refractivity contribution >= 4 is 43.9 Å². The van der Waals surface area contributed by atoms with E-state index in [0.717, 1.165) is 10.8 Å². The molecular weight excluding hydrogens is 482 g/mol. The van der Waals surface area contributed by atoms with Gasteiger partial charge in [0.15, 0.2) is 0 Å². The largest absolute Gasteiger partial charge is 0.382 e. The Balaban J connectivity index is 1.83. The fraction of sp³-hybridized carbons (Fsp3) is 0.160. The van der Waals surface area contributed by atoms with E-state index in [2.05, 4.69) is 16.3 Å². The first-order valence-corrected chi connectivity index (χ1v) is 12.5. The molecule has 10 nitrogen and oxygen atoms in total. The summed E-state index contributed by atoms with van der Waals surface area (Å²) >= 11 is 0. The highest BCUT2D eigenvalue weighted by molar-refractivity contribution is 7.92. The van der Waals surface area contributed by atoms with Crippen LogP contribution in [-0.4, -0.2) is 36.0 Å². The Kier molecular flexibility index (Phi) is 6.53. The van der Waals surface area contributed by atoms with E-state index in [9.17, 15) is 18.0 Å². The molecule has 11 heteroatoms.